The molecule has 1 amide bonds. The number of aromatic nitrogens is 3. The Kier molecular flexibility index (Phi) is 5.66. The van der Waals surface area contributed by atoms with E-state index in [1.807, 2.05) is 47.5 Å². The highest BCUT2D eigenvalue weighted by atomic mass is 32.2. The molecule has 2 aromatic heterocycles. The van der Waals surface area contributed by atoms with Crippen LogP contribution < -0.4 is 0 Å². The number of nitrogens with one attached hydrogen (secondary N) is 1. The second-order valence-corrected chi connectivity index (χ2v) is 7.17. The van der Waals surface area contributed by atoms with E-state index in [9.17, 15) is 4.79 Å². The van der Waals surface area contributed by atoms with Gasteiger partial charge in [-0.3, -0.25) is 9.89 Å². The van der Waals surface area contributed by atoms with Crippen LogP contribution in [0.5, 0.6) is 0 Å². The maximum absolute atomic E-state index is 12.7. The average Bonchev–Trinajstić information content (AvgIpc) is 3.31. The summed E-state index contributed by atoms with van der Waals surface area (Å²) in [4.78, 5) is 19.8. The van der Waals surface area contributed by atoms with Crippen molar-refractivity contribution in [1.29, 1.82) is 0 Å². The number of amides is 1. The average molecular weight is 358 g/mol. The molecule has 0 bridgehead atoms. The number of carbonyl (C=O) groups excluding carboxylic acids is 1. The fourth-order valence-electron chi connectivity index (χ4n) is 2.26. The van der Waals surface area contributed by atoms with Crippen molar-refractivity contribution in [1.82, 2.24) is 20.1 Å². The van der Waals surface area contributed by atoms with Crippen LogP contribution in [-0.4, -0.2) is 32.5 Å². The fraction of sp³-hybridized carbons (Fsp3) is 0.235. The Bertz CT molecular complexity index is 755. The summed E-state index contributed by atoms with van der Waals surface area (Å²) in [5.41, 5.74) is 1.87. The minimum Gasteiger partial charge on any atom is -0.334 e. The Hall–Kier alpha value is -2.12. The van der Waals surface area contributed by atoms with Gasteiger partial charge in [-0.25, -0.2) is 4.98 Å². The maximum Gasteiger partial charge on any atom is 0.254 e. The monoisotopic (exact) mass is 358 g/mol. The van der Waals surface area contributed by atoms with Crippen molar-refractivity contribution in [3.05, 3.63) is 64.1 Å². The minimum absolute atomic E-state index is 0.0698. The molecule has 1 N–H and O–H groups in total. The van der Waals surface area contributed by atoms with Gasteiger partial charge in [0.25, 0.3) is 5.91 Å². The van der Waals surface area contributed by atoms with Crippen LogP contribution in [0.25, 0.3) is 0 Å². The largest absolute Gasteiger partial charge is 0.334 e. The minimum atomic E-state index is 0.0698. The molecule has 3 rings (SSSR count). The Labute approximate surface area is 149 Å². The van der Waals surface area contributed by atoms with Crippen LogP contribution in [0, 0.1) is 0 Å². The predicted octanol–water partition coefficient (Wildman–Crippen LogP) is 3.82. The van der Waals surface area contributed by atoms with Crippen molar-refractivity contribution in [2.45, 2.75) is 24.4 Å². The van der Waals surface area contributed by atoms with E-state index in [4.69, 9.17) is 0 Å². The van der Waals surface area contributed by atoms with Crippen molar-refractivity contribution in [2.24, 2.45) is 0 Å². The highest BCUT2D eigenvalue weighted by Gasteiger charge is 2.15. The Morgan fingerprint density at radius 1 is 1.29 bits per heavy atom. The number of aromatic amines is 1. The second kappa shape index (κ2) is 8.12. The van der Waals surface area contributed by atoms with Gasteiger partial charge in [-0.2, -0.15) is 5.10 Å². The molecule has 2 heterocycles. The summed E-state index contributed by atoms with van der Waals surface area (Å²) in [6.45, 7) is 3.36. The van der Waals surface area contributed by atoms with Crippen molar-refractivity contribution >= 4 is 29.0 Å². The summed E-state index contributed by atoms with van der Waals surface area (Å²) >= 11 is 3.26. The molecule has 0 aliphatic carbocycles. The van der Waals surface area contributed by atoms with Gasteiger partial charge in [0.1, 0.15) is 6.33 Å². The zero-order valence-corrected chi connectivity index (χ0v) is 14.9. The van der Waals surface area contributed by atoms with Gasteiger partial charge in [-0.05, 0) is 36.1 Å². The van der Waals surface area contributed by atoms with Gasteiger partial charge in [-0.15, -0.1) is 11.3 Å². The molecule has 0 unspecified atom stereocenters. The van der Waals surface area contributed by atoms with Crippen molar-refractivity contribution in [2.75, 3.05) is 6.54 Å². The van der Waals surface area contributed by atoms with E-state index in [0.29, 0.717) is 13.1 Å². The molecule has 0 aliphatic heterocycles. The number of thiophene rings is 1. The molecule has 1 aromatic carbocycles. The van der Waals surface area contributed by atoms with Crippen LogP contribution in [0.4, 0.5) is 0 Å². The van der Waals surface area contributed by atoms with Gasteiger partial charge in [0.05, 0.1) is 6.54 Å². The quantitative estimate of drug-likeness (QED) is 0.652. The third kappa shape index (κ3) is 4.24. The summed E-state index contributed by atoms with van der Waals surface area (Å²) in [5, 5.41) is 9.48. The first kappa shape index (κ1) is 16.7. The molecule has 0 aliphatic rings. The molecular weight excluding hydrogens is 340 g/mol. The normalized spacial score (nSPS) is 10.7. The third-order valence-corrected chi connectivity index (χ3v) is 5.37. The Morgan fingerprint density at radius 3 is 2.75 bits per heavy atom. The maximum atomic E-state index is 12.7. The Balaban J connectivity index is 1.61. The number of benzene rings is 1. The van der Waals surface area contributed by atoms with Crippen molar-refractivity contribution in [3.63, 3.8) is 0 Å². The number of hydrogen-bond acceptors (Lipinski definition) is 5. The summed E-state index contributed by atoms with van der Waals surface area (Å²) in [6.07, 6.45) is 1.50. The van der Waals surface area contributed by atoms with E-state index < -0.39 is 0 Å². The summed E-state index contributed by atoms with van der Waals surface area (Å²) < 4.78 is 0. The molecule has 0 atom stereocenters. The van der Waals surface area contributed by atoms with Gasteiger partial charge < -0.3 is 4.90 Å². The molecule has 5 nitrogen and oxygen atoms in total. The number of rotatable bonds is 7. The van der Waals surface area contributed by atoms with E-state index in [-0.39, 0.29) is 5.91 Å². The SMILES string of the molecule is CCN(Cc1cccs1)C(=O)c1ccc(CSc2ncn[nH]2)cc1. The van der Waals surface area contributed by atoms with Crippen molar-refractivity contribution < 1.29 is 4.79 Å². The predicted molar refractivity (Wildman–Crippen MR) is 97.1 cm³/mol. The molecule has 7 heteroatoms. The number of hydrogen-bond donors (Lipinski definition) is 1. The van der Waals surface area contributed by atoms with Crippen molar-refractivity contribution in [3.8, 4) is 0 Å². The molecule has 0 radical (unpaired) electrons. The summed E-state index contributed by atoms with van der Waals surface area (Å²) in [5.74, 6) is 0.858. The lowest BCUT2D eigenvalue weighted by Crippen LogP contribution is -2.29. The first-order chi connectivity index (χ1) is 11.8. The molecule has 24 heavy (non-hydrogen) atoms. The first-order valence-corrected chi connectivity index (χ1v) is 9.51. The van der Waals surface area contributed by atoms with E-state index in [0.717, 1.165) is 22.0 Å². The number of H-pyrrole nitrogens is 1. The number of carbonyl (C=O) groups is 1. The van der Waals surface area contributed by atoms with Crippen LogP contribution in [-0.2, 0) is 12.3 Å². The highest BCUT2D eigenvalue weighted by Crippen LogP contribution is 2.19. The summed E-state index contributed by atoms with van der Waals surface area (Å²) in [7, 11) is 0. The van der Waals surface area contributed by atoms with Gasteiger partial charge in [0.15, 0.2) is 5.16 Å². The lowest BCUT2D eigenvalue weighted by Gasteiger charge is -2.20. The van der Waals surface area contributed by atoms with Gasteiger partial charge in [-0.1, -0.05) is 30.0 Å². The lowest BCUT2D eigenvalue weighted by atomic mass is 10.1. The Morgan fingerprint density at radius 2 is 2.12 bits per heavy atom. The zero-order valence-electron chi connectivity index (χ0n) is 13.3. The molecule has 124 valence electrons. The van der Waals surface area contributed by atoms with Gasteiger partial charge in [0, 0.05) is 22.7 Å². The van der Waals surface area contributed by atoms with Gasteiger partial charge in [0.2, 0.25) is 0 Å². The third-order valence-electron chi connectivity index (χ3n) is 3.57. The van der Waals surface area contributed by atoms with Crippen LogP contribution in [0.15, 0.2) is 53.3 Å². The highest BCUT2D eigenvalue weighted by molar-refractivity contribution is 7.98. The van der Waals surface area contributed by atoms with Crippen LogP contribution in [0.2, 0.25) is 0 Å². The lowest BCUT2D eigenvalue weighted by molar-refractivity contribution is 0.0754. The molecular formula is C17H18N4OS2. The second-order valence-electron chi connectivity index (χ2n) is 5.17. The fourth-order valence-corrected chi connectivity index (χ4v) is 3.71. The first-order valence-electron chi connectivity index (χ1n) is 7.65. The molecule has 0 saturated carbocycles. The van der Waals surface area contributed by atoms with E-state index in [1.165, 1.54) is 11.2 Å². The zero-order chi connectivity index (χ0) is 16.8. The summed E-state index contributed by atoms with van der Waals surface area (Å²) in [6, 6.07) is 11.9. The topological polar surface area (TPSA) is 61.9 Å². The smallest absolute Gasteiger partial charge is 0.254 e. The van der Waals surface area contributed by atoms with E-state index >= 15 is 0 Å². The molecule has 0 spiro atoms. The standard InChI is InChI=1S/C17H18N4OS2/c1-2-21(10-15-4-3-9-23-15)16(22)14-7-5-13(6-8-14)11-24-17-18-12-19-20-17/h3-9,12H,2,10-11H2,1H3,(H,18,19,20). The molecule has 0 fully saturated rings. The van der Waals surface area contributed by atoms with Gasteiger partial charge >= 0.3 is 0 Å². The molecule has 0 saturated heterocycles. The van der Waals surface area contributed by atoms with E-state index in [2.05, 4.69) is 21.2 Å². The van der Waals surface area contributed by atoms with E-state index in [1.54, 1.807) is 23.1 Å². The number of thioether (sulfide) groups is 1. The number of nitrogens with zero attached hydrogens (tertiary/aromatic N) is 3. The van der Waals surface area contributed by atoms with Crippen LogP contribution in [0.1, 0.15) is 27.7 Å². The van der Waals surface area contributed by atoms with Crippen LogP contribution in [0.3, 0.4) is 0 Å². The molecule has 3 aromatic rings. The van der Waals surface area contributed by atoms with Crippen LogP contribution >= 0.6 is 23.1 Å².